The van der Waals surface area contributed by atoms with Crippen LogP contribution in [0.25, 0.3) is 0 Å². The Labute approximate surface area is 149 Å². The number of hydrogen-bond donors (Lipinski definition) is 2. The molecule has 1 heterocycles. The monoisotopic (exact) mass is 348 g/mol. The molecule has 2 atom stereocenters. The summed E-state index contributed by atoms with van der Waals surface area (Å²) in [6, 6.07) is 8.83. The molecule has 1 fully saturated rings. The zero-order valence-electron chi connectivity index (χ0n) is 15.0. The summed E-state index contributed by atoms with van der Waals surface area (Å²) >= 11 is 0. The molecule has 0 aliphatic carbocycles. The topological polar surface area (TPSA) is 76.7 Å². The maximum Gasteiger partial charge on any atom is 0.408 e. The molecule has 1 saturated heterocycles. The summed E-state index contributed by atoms with van der Waals surface area (Å²) in [6.07, 6.45) is 2.04. The number of amides is 2. The first-order valence-corrected chi connectivity index (χ1v) is 8.91. The quantitative estimate of drug-likeness (QED) is 0.757. The van der Waals surface area contributed by atoms with Gasteiger partial charge in [-0.05, 0) is 30.7 Å². The van der Waals surface area contributed by atoms with Gasteiger partial charge < -0.3 is 20.1 Å². The highest BCUT2D eigenvalue weighted by Gasteiger charge is 2.24. The highest BCUT2D eigenvalue weighted by atomic mass is 16.5. The van der Waals surface area contributed by atoms with Crippen LogP contribution >= 0.6 is 0 Å². The summed E-state index contributed by atoms with van der Waals surface area (Å²) in [7, 11) is 0. The molecule has 0 aromatic heterocycles. The molecule has 2 N–H and O–H groups in total. The van der Waals surface area contributed by atoms with Crippen molar-refractivity contribution in [2.75, 3.05) is 13.2 Å². The number of benzene rings is 1. The summed E-state index contributed by atoms with van der Waals surface area (Å²) in [4.78, 5) is 24.4. The predicted molar refractivity (Wildman–Crippen MR) is 95.0 cm³/mol. The van der Waals surface area contributed by atoms with E-state index in [4.69, 9.17) is 9.47 Å². The van der Waals surface area contributed by atoms with Crippen LogP contribution < -0.4 is 10.6 Å². The standard InChI is InChI=1S/C19H28N2O4/c1-14(2)11-17(18(22)20-12-16-9-6-10-24-16)21-19(23)25-13-15-7-4-3-5-8-15/h3-5,7-8,14,16-17H,6,9-13H2,1-2H3,(H,20,22)(H,21,23)/t16?,17-/m0/s1. The van der Waals surface area contributed by atoms with Crippen LogP contribution in [0, 0.1) is 5.92 Å². The second kappa shape index (κ2) is 10.0. The van der Waals surface area contributed by atoms with Gasteiger partial charge in [-0.25, -0.2) is 4.79 Å². The average molecular weight is 348 g/mol. The Balaban J connectivity index is 1.80. The molecule has 6 nitrogen and oxygen atoms in total. The van der Waals surface area contributed by atoms with Gasteiger partial charge in [-0.2, -0.15) is 0 Å². The molecule has 1 aliphatic rings. The van der Waals surface area contributed by atoms with Gasteiger partial charge in [0.05, 0.1) is 6.10 Å². The number of nitrogens with one attached hydrogen (secondary N) is 2. The first kappa shape index (κ1) is 19.2. The van der Waals surface area contributed by atoms with Crippen LogP contribution in [0.4, 0.5) is 4.79 Å². The zero-order valence-corrected chi connectivity index (χ0v) is 15.0. The lowest BCUT2D eigenvalue weighted by molar-refractivity contribution is -0.124. The summed E-state index contributed by atoms with van der Waals surface area (Å²) in [5, 5.41) is 5.55. The van der Waals surface area contributed by atoms with Crippen molar-refractivity contribution in [1.82, 2.24) is 10.6 Å². The molecule has 0 bridgehead atoms. The van der Waals surface area contributed by atoms with Crippen LogP contribution in [-0.4, -0.2) is 37.3 Å². The Morgan fingerprint density at radius 3 is 2.68 bits per heavy atom. The number of rotatable bonds is 8. The van der Waals surface area contributed by atoms with E-state index in [1.54, 1.807) is 0 Å². The van der Waals surface area contributed by atoms with Crippen LogP contribution in [0.5, 0.6) is 0 Å². The third kappa shape index (κ3) is 7.13. The molecule has 6 heteroatoms. The molecule has 2 amide bonds. The Kier molecular flexibility index (Phi) is 7.73. The van der Waals surface area contributed by atoms with Gasteiger partial charge >= 0.3 is 6.09 Å². The Hall–Kier alpha value is -2.08. The van der Waals surface area contributed by atoms with Gasteiger partial charge in [0.1, 0.15) is 12.6 Å². The molecular formula is C19H28N2O4. The molecular weight excluding hydrogens is 320 g/mol. The third-order valence-electron chi connectivity index (χ3n) is 4.06. The zero-order chi connectivity index (χ0) is 18.1. The van der Waals surface area contributed by atoms with E-state index >= 15 is 0 Å². The van der Waals surface area contributed by atoms with Gasteiger partial charge in [0, 0.05) is 13.2 Å². The summed E-state index contributed by atoms with van der Waals surface area (Å²) in [5.41, 5.74) is 0.904. The van der Waals surface area contributed by atoms with Gasteiger partial charge in [0.15, 0.2) is 0 Å². The smallest absolute Gasteiger partial charge is 0.408 e. The number of carbonyl (C=O) groups is 2. The number of alkyl carbamates (subject to hydrolysis) is 1. The average Bonchev–Trinajstić information content (AvgIpc) is 3.11. The second-order valence-corrected chi connectivity index (χ2v) is 6.77. The fraction of sp³-hybridized carbons (Fsp3) is 0.579. The number of ether oxygens (including phenoxy) is 2. The molecule has 2 rings (SSSR count). The SMILES string of the molecule is CC(C)C[C@H](NC(=O)OCc1ccccc1)C(=O)NCC1CCCO1. The van der Waals surface area contributed by atoms with Gasteiger partial charge in [-0.1, -0.05) is 44.2 Å². The van der Waals surface area contributed by atoms with E-state index in [1.807, 2.05) is 44.2 Å². The first-order valence-electron chi connectivity index (χ1n) is 8.91. The fourth-order valence-electron chi connectivity index (χ4n) is 2.75. The van der Waals surface area contributed by atoms with Crippen molar-refractivity contribution in [3.63, 3.8) is 0 Å². The molecule has 1 aromatic carbocycles. The maximum absolute atomic E-state index is 12.4. The van der Waals surface area contributed by atoms with E-state index in [9.17, 15) is 9.59 Å². The number of carbonyl (C=O) groups excluding carboxylic acids is 2. The van der Waals surface area contributed by atoms with Crippen LogP contribution in [-0.2, 0) is 20.9 Å². The van der Waals surface area contributed by atoms with Crippen LogP contribution in [0.3, 0.4) is 0 Å². The lowest BCUT2D eigenvalue weighted by Gasteiger charge is -2.21. The highest BCUT2D eigenvalue weighted by Crippen LogP contribution is 2.11. The fourth-order valence-corrected chi connectivity index (χ4v) is 2.75. The van der Waals surface area contributed by atoms with Crippen molar-refractivity contribution in [3.8, 4) is 0 Å². The molecule has 25 heavy (non-hydrogen) atoms. The van der Waals surface area contributed by atoms with Crippen molar-refractivity contribution < 1.29 is 19.1 Å². The normalized spacial score (nSPS) is 18.0. The highest BCUT2D eigenvalue weighted by molar-refractivity contribution is 5.85. The van der Waals surface area contributed by atoms with E-state index < -0.39 is 12.1 Å². The van der Waals surface area contributed by atoms with Gasteiger partial charge in [-0.3, -0.25) is 4.79 Å². The molecule has 1 unspecified atom stereocenters. The molecule has 1 aliphatic heterocycles. The lowest BCUT2D eigenvalue weighted by Crippen LogP contribution is -2.49. The van der Waals surface area contributed by atoms with Crippen LogP contribution in [0.2, 0.25) is 0 Å². The first-order chi connectivity index (χ1) is 12.0. The lowest BCUT2D eigenvalue weighted by atomic mass is 10.0. The van der Waals surface area contributed by atoms with E-state index in [1.165, 1.54) is 0 Å². The van der Waals surface area contributed by atoms with E-state index in [-0.39, 0.29) is 24.5 Å². The van der Waals surface area contributed by atoms with Crippen molar-refractivity contribution in [1.29, 1.82) is 0 Å². The maximum atomic E-state index is 12.4. The molecule has 138 valence electrons. The van der Waals surface area contributed by atoms with E-state index in [0.29, 0.717) is 13.0 Å². The molecule has 0 spiro atoms. The Bertz CT molecular complexity index is 542. The second-order valence-electron chi connectivity index (χ2n) is 6.77. The van der Waals surface area contributed by atoms with Gasteiger partial charge in [0.25, 0.3) is 0 Å². The number of hydrogen-bond acceptors (Lipinski definition) is 4. The van der Waals surface area contributed by atoms with Crippen molar-refractivity contribution in [3.05, 3.63) is 35.9 Å². The van der Waals surface area contributed by atoms with E-state index in [2.05, 4.69) is 10.6 Å². The molecule has 0 saturated carbocycles. The Morgan fingerprint density at radius 2 is 2.04 bits per heavy atom. The Morgan fingerprint density at radius 1 is 1.28 bits per heavy atom. The van der Waals surface area contributed by atoms with Gasteiger partial charge in [-0.15, -0.1) is 0 Å². The predicted octanol–water partition coefficient (Wildman–Crippen LogP) is 2.62. The largest absolute Gasteiger partial charge is 0.445 e. The van der Waals surface area contributed by atoms with Crippen molar-refractivity contribution in [2.24, 2.45) is 5.92 Å². The van der Waals surface area contributed by atoms with E-state index in [0.717, 1.165) is 25.0 Å². The van der Waals surface area contributed by atoms with Crippen molar-refractivity contribution in [2.45, 2.75) is 51.9 Å². The third-order valence-corrected chi connectivity index (χ3v) is 4.06. The van der Waals surface area contributed by atoms with Gasteiger partial charge in [0.2, 0.25) is 5.91 Å². The molecule has 0 radical (unpaired) electrons. The summed E-state index contributed by atoms with van der Waals surface area (Å²) in [5.74, 6) is 0.0776. The summed E-state index contributed by atoms with van der Waals surface area (Å²) < 4.78 is 10.7. The van der Waals surface area contributed by atoms with Crippen molar-refractivity contribution >= 4 is 12.0 Å². The summed E-state index contributed by atoms with van der Waals surface area (Å²) in [6.45, 7) is 5.43. The molecule has 1 aromatic rings. The minimum Gasteiger partial charge on any atom is -0.445 e. The minimum absolute atomic E-state index is 0.0775. The minimum atomic E-state index is -0.607. The van der Waals surface area contributed by atoms with Crippen LogP contribution in [0.1, 0.15) is 38.7 Å². The van der Waals surface area contributed by atoms with Crippen LogP contribution in [0.15, 0.2) is 30.3 Å².